The maximum atomic E-state index is 12.7. The van der Waals surface area contributed by atoms with Crippen LogP contribution in [0, 0.1) is 0 Å². The lowest BCUT2D eigenvalue weighted by Gasteiger charge is -2.28. The lowest BCUT2D eigenvalue weighted by atomic mass is 10.0. The highest BCUT2D eigenvalue weighted by molar-refractivity contribution is 7.45. The van der Waals surface area contributed by atoms with Crippen LogP contribution < -0.4 is 4.89 Å². The van der Waals surface area contributed by atoms with E-state index in [1.54, 1.807) is 6.26 Å². The Bertz CT molecular complexity index is 1130. The van der Waals surface area contributed by atoms with E-state index < -0.39 is 13.9 Å². The number of carbonyl (C=O) groups is 1. The van der Waals surface area contributed by atoms with Gasteiger partial charge in [0.2, 0.25) is 0 Å². The van der Waals surface area contributed by atoms with Gasteiger partial charge in [-0.15, -0.1) is 0 Å². The minimum absolute atomic E-state index is 0.00610. The normalized spacial score (nSPS) is 14.1. The third-order valence-corrected chi connectivity index (χ3v) is 11.1. The number of esters is 1. The SMILES string of the molecule is CCCCC/C=C\C/C=C\C/C=C\C/C=C\CCCCCC(=O)O[C@H](CO/C=C\CCCCCCCCCCCCCCCCCC)COP(=O)([O-])OCC[N+](C)(C)C. The molecule has 0 saturated carbocycles. The van der Waals surface area contributed by atoms with Crippen molar-refractivity contribution in [3.8, 4) is 0 Å². The summed E-state index contributed by atoms with van der Waals surface area (Å²) in [5, 5.41) is 0. The summed E-state index contributed by atoms with van der Waals surface area (Å²) in [7, 11) is 1.30. The number of allylic oxidation sites excluding steroid dienone is 9. The highest BCUT2D eigenvalue weighted by atomic mass is 31.2. The molecule has 0 bridgehead atoms. The number of phosphoric acid groups is 1. The van der Waals surface area contributed by atoms with Crippen LogP contribution in [0.2, 0.25) is 0 Å². The van der Waals surface area contributed by atoms with E-state index in [4.69, 9.17) is 18.5 Å². The van der Waals surface area contributed by atoms with Gasteiger partial charge < -0.3 is 27.9 Å². The number of phosphoric ester groups is 1. The molecule has 0 saturated heterocycles. The summed E-state index contributed by atoms with van der Waals surface area (Å²) in [6.07, 6.45) is 54.7. The molecule has 0 aromatic rings. The van der Waals surface area contributed by atoms with Crippen LogP contribution in [0.3, 0.4) is 0 Å². The molecule has 1 unspecified atom stereocenters. The highest BCUT2D eigenvalue weighted by Gasteiger charge is 2.20. The zero-order valence-electron chi connectivity index (χ0n) is 38.9. The average Bonchev–Trinajstić information content (AvgIpc) is 3.19. The summed E-state index contributed by atoms with van der Waals surface area (Å²) in [5.74, 6) is -0.385. The minimum atomic E-state index is -4.55. The van der Waals surface area contributed by atoms with Crippen LogP contribution in [0.5, 0.6) is 0 Å². The predicted octanol–water partition coefficient (Wildman–Crippen LogP) is 14.2. The van der Waals surface area contributed by atoms with Gasteiger partial charge in [-0.3, -0.25) is 9.36 Å². The van der Waals surface area contributed by atoms with E-state index in [-0.39, 0.29) is 32.2 Å². The number of likely N-dealkylation sites (N-methyl/N-ethyl adjacent to an activating group) is 1. The number of quaternary nitrogens is 1. The largest absolute Gasteiger partial charge is 0.756 e. The molecule has 9 heteroatoms. The van der Waals surface area contributed by atoms with Crippen molar-refractivity contribution in [1.82, 2.24) is 0 Å². The zero-order chi connectivity index (χ0) is 43.4. The topological polar surface area (TPSA) is 94.1 Å². The quantitative estimate of drug-likeness (QED) is 0.0150. The number of hydrogen-bond acceptors (Lipinski definition) is 7. The molecule has 0 spiro atoms. The molecule has 0 rings (SSSR count). The molecular formula is C50H92NO7P. The van der Waals surface area contributed by atoms with Crippen molar-refractivity contribution in [1.29, 1.82) is 0 Å². The van der Waals surface area contributed by atoms with Crippen molar-refractivity contribution in [3.05, 3.63) is 60.9 Å². The van der Waals surface area contributed by atoms with Gasteiger partial charge in [0, 0.05) is 6.42 Å². The number of hydrogen-bond donors (Lipinski definition) is 0. The second-order valence-electron chi connectivity index (χ2n) is 17.2. The van der Waals surface area contributed by atoms with Gasteiger partial charge in [-0.2, -0.15) is 0 Å². The van der Waals surface area contributed by atoms with Crippen LogP contribution in [0.25, 0.3) is 0 Å². The van der Waals surface area contributed by atoms with Gasteiger partial charge >= 0.3 is 5.97 Å². The number of carbonyl (C=O) groups excluding carboxylic acids is 1. The summed E-state index contributed by atoms with van der Waals surface area (Å²) >= 11 is 0. The van der Waals surface area contributed by atoms with Crippen LogP contribution in [0.4, 0.5) is 0 Å². The van der Waals surface area contributed by atoms with Crippen LogP contribution in [0.15, 0.2) is 60.9 Å². The maximum absolute atomic E-state index is 12.7. The third kappa shape index (κ3) is 47.0. The molecule has 8 nitrogen and oxygen atoms in total. The number of rotatable bonds is 44. The van der Waals surface area contributed by atoms with Crippen molar-refractivity contribution in [2.75, 3.05) is 47.5 Å². The predicted molar refractivity (Wildman–Crippen MR) is 249 cm³/mol. The molecule has 0 radical (unpaired) electrons. The maximum Gasteiger partial charge on any atom is 0.306 e. The van der Waals surface area contributed by atoms with Crippen LogP contribution >= 0.6 is 7.82 Å². The molecule has 59 heavy (non-hydrogen) atoms. The van der Waals surface area contributed by atoms with Crippen LogP contribution in [-0.4, -0.2) is 64.1 Å². The Balaban J connectivity index is 4.31. The number of unbranched alkanes of at least 4 members (excludes halogenated alkanes) is 22. The molecular weight excluding hydrogens is 758 g/mol. The van der Waals surface area contributed by atoms with Gasteiger partial charge in [0.15, 0.2) is 6.10 Å². The van der Waals surface area contributed by atoms with Gasteiger partial charge in [-0.05, 0) is 70.3 Å². The Labute approximate surface area is 364 Å². The molecule has 0 aromatic carbocycles. The molecule has 0 aromatic heterocycles. The first-order valence-corrected chi connectivity index (χ1v) is 25.5. The fourth-order valence-corrected chi connectivity index (χ4v) is 7.11. The van der Waals surface area contributed by atoms with Crippen molar-refractivity contribution < 1.29 is 37.3 Å². The van der Waals surface area contributed by atoms with E-state index in [1.165, 1.54) is 122 Å². The van der Waals surface area contributed by atoms with Gasteiger partial charge in [0.25, 0.3) is 7.82 Å². The number of nitrogens with zero attached hydrogens (tertiary/aromatic N) is 1. The summed E-state index contributed by atoms with van der Waals surface area (Å²) in [6, 6.07) is 0. The Hall–Kier alpha value is -1.96. The van der Waals surface area contributed by atoms with Crippen molar-refractivity contribution >= 4 is 13.8 Å². The fraction of sp³-hybridized carbons (Fsp3) is 0.780. The van der Waals surface area contributed by atoms with Gasteiger partial charge in [-0.1, -0.05) is 178 Å². The standard InChI is InChI=1S/C50H92NO7P/c1-6-8-10-12-14-16-18-20-22-24-26-27-29-31-33-35-37-39-41-43-50(52)58-49(48-57-59(53,54)56-46-44-51(3,4)5)47-55-45-42-40-38-36-34-32-30-28-25-23-21-19-17-15-13-11-9-7-2/h14,16,20,22,26-27,31,33,42,45,49H,6-13,15,17-19,21,23-25,28-30,32,34-41,43-44,46-48H2,1-5H3/b16-14-,22-20-,27-26-,33-31-,45-42-/t49-/m1/s1. The second-order valence-corrected chi connectivity index (χ2v) is 18.6. The van der Waals surface area contributed by atoms with E-state index in [0.717, 1.165) is 51.4 Å². The third-order valence-electron chi connectivity index (χ3n) is 10.1. The lowest BCUT2D eigenvalue weighted by molar-refractivity contribution is -0.870. The van der Waals surface area contributed by atoms with Gasteiger partial charge in [-0.25, -0.2) is 0 Å². The molecule has 344 valence electrons. The molecule has 0 amide bonds. The Morgan fingerprint density at radius 3 is 1.44 bits per heavy atom. The molecule has 0 N–H and O–H groups in total. The average molecular weight is 850 g/mol. The minimum Gasteiger partial charge on any atom is -0.756 e. The zero-order valence-corrected chi connectivity index (χ0v) is 39.8. The van der Waals surface area contributed by atoms with E-state index >= 15 is 0 Å². The molecule has 0 heterocycles. The van der Waals surface area contributed by atoms with Gasteiger partial charge in [0.05, 0.1) is 34.0 Å². The first-order valence-electron chi connectivity index (χ1n) is 24.1. The van der Waals surface area contributed by atoms with Crippen LogP contribution in [-0.2, 0) is 27.9 Å². The summed E-state index contributed by atoms with van der Waals surface area (Å²) < 4.78 is 34.4. The van der Waals surface area contributed by atoms with Crippen molar-refractivity contribution in [3.63, 3.8) is 0 Å². The second kappa shape index (κ2) is 42.7. The lowest BCUT2D eigenvalue weighted by Crippen LogP contribution is -2.37. The van der Waals surface area contributed by atoms with E-state index in [1.807, 2.05) is 27.2 Å². The Morgan fingerprint density at radius 2 is 0.949 bits per heavy atom. The number of ether oxygens (including phenoxy) is 2. The summed E-state index contributed by atoms with van der Waals surface area (Å²) in [4.78, 5) is 25.1. The van der Waals surface area contributed by atoms with Gasteiger partial charge in [0.1, 0.15) is 19.8 Å². The fourth-order valence-electron chi connectivity index (χ4n) is 6.38. The van der Waals surface area contributed by atoms with Crippen LogP contribution in [0.1, 0.15) is 200 Å². The molecule has 2 atom stereocenters. The molecule has 0 fully saturated rings. The Kier molecular flexibility index (Phi) is 41.3. The smallest absolute Gasteiger partial charge is 0.306 e. The van der Waals surface area contributed by atoms with Crippen molar-refractivity contribution in [2.24, 2.45) is 0 Å². The van der Waals surface area contributed by atoms with E-state index in [0.29, 0.717) is 17.4 Å². The summed E-state index contributed by atoms with van der Waals surface area (Å²) in [6.45, 7) is 4.68. The molecule has 0 aliphatic rings. The van der Waals surface area contributed by atoms with E-state index in [2.05, 4.69) is 62.5 Å². The van der Waals surface area contributed by atoms with E-state index in [9.17, 15) is 14.3 Å². The monoisotopic (exact) mass is 850 g/mol. The summed E-state index contributed by atoms with van der Waals surface area (Å²) in [5.41, 5.74) is 0. The first kappa shape index (κ1) is 57.0. The molecule has 0 aliphatic heterocycles. The van der Waals surface area contributed by atoms with Crippen molar-refractivity contribution in [2.45, 2.75) is 206 Å². The first-order chi connectivity index (χ1) is 28.6. The Morgan fingerprint density at radius 1 is 0.542 bits per heavy atom. The molecule has 0 aliphatic carbocycles. The highest BCUT2D eigenvalue weighted by Crippen LogP contribution is 2.38.